The quantitative estimate of drug-likeness (QED) is 0.915. The summed E-state index contributed by atoms with van der Waals surface area (Å²) in [5, 5.41) is 10.3. The molecule has 0 saturated carbocycles. The minimum absolute atomic E-state index is 0.0649. The molecule has 1 atom stereocenters. The molecule has 1 aromatic heterocycles. The summed E-state index contributed by atoms with van der Waals surface area (Å²) in [7, 11) is 0. The first kappa shape index (κ1) is 12.1. The van der Waals surface area contributed by atoms with Gasteiger partial charge in [-0.15, -0.1) is 0 Å². The third-order valence-corrected chi connectivity index (χ3v) is 2.94. The van der Waals surface area contributed by atoms with Crippen molar-refractivity contribution in [1.29, 1.82) is 0 Å². The fraction of sp³-hybridized carbons (Fsp3) is 0.250. The first-order chi connectivity index (χ1) is 8.15. The van der Waals surface area contributed by atoms with Crippen LogP contribution in [0.25, 0.3) is 0 Å². The highest BCUT2D eigenvalue weighted by atomic mass is 35.5. The highest BCUT2D eigenvalue weighted by Crippen LogP contribution is 2.29. The van der Waals surface area contributed by atoms with Gasteiger partial charge in [-0.2, -0.15) is 0 Å². The van der Waals surface area contributed by atoms with Gasteiger partial charge in [-0.1, -0.05) is 17.7 Å². The molecule has 0 fully saturated rings. The molecule has 0 aliphatic carbocycles. The molecule has 0 bridgehead atoms. The van der Waals surface area contributed by atoms with Gasteiger partial charge < -0.3 is 9.67 Å². The fourth-order valence-corrected chi connectivity index (χ4v) is 2.00. The number of aromatic nitrogens is 2. The Labute approximate surface area is 103 Å². The fourth-order valence-electron chi connectivity index (χ4n) is 1.74. The lowest BCUT2D eigenvalue weighted by molar-refractivity contribution is 0.200. The zero-order valence-electron chi connectivity index (χ0n) is 9.27. The van der Waals surface area contributed by atoms with Crippen LogP contribution in [0.5, 0.6) is 0 Å². The Morgan fingerprint density at radius 3 is 2.94 bits per heavy atom. The van der Waals surface area contributed by atoms with Gasteiger partial charge in [0.1, 0.15) is 17.7 Å². The minimum Gasteiger partial charge on any atom is -0.380 e. The van der Waals surface area contributed by atoms with Crippen LogP contribution in [0.4, 0.5) is 4.39 Å². The molecule has 2 aromatic rings. The normalized spacial score (nSPS) is 12.7. The summed E-state index contributed by atoms with van der Waals surface area (Å²) < 4.78 is 15.4. The first-order valence-electron chi connectivity index (χ1n) is 5.28. The molecular weight excluding hydrogens is 243 g/mol. The molecule has 1 N–H and O–H groups in total. The van der Waals surface area contributed by atoms with Gasteiger partial charge in [0.15, 0.2) is 0 Å². The molecule has 0 aliphatic rings. The molecule has 0 spiro atoms. The van der Waals surface area contributed by atoms with Crippen molar-refractivity contribution in [2.75, 3.05) is 0 Å². The number of hydrogen-bond donors (Lipinski definition) is 1. The molecule has 17 heavy (non-hydrogen) atoms. The van der Waals surface area contributed by atoms with Gasteiger partial charge in [-0.3, -0.25) is 0 Å². The number of halogens is 2. The van der Waals surface area contributed by atoms with Crippen LogP contribution in [0.3, 0.4) is 0 Å². The molecular formula is C12H12ClFN2O. The van der Waals surface area contributed by atoms with Crippen molar-refractivity contribution in [3.05, 3.63) is 52.8 Å². The van der Waals surface area contributed by atoms with E-state index in [2.05, 4.69) is 4.98 Å². The second-order valence-corrected chi connectivity index (χ2v) is 4.02. The van der Waals surface area contributed by atoms with Crippen LogP contribution in [-0.4, -0.2) is 14.7 Å². The maximum absolute atomic E-state index is 13.6. The zero-order chi connectivity index (χ0) is 12.4. The largest absolute Gasteiger partial charge is 0.380 e. The van der Waals surface area contributed by atoms with Crippen LogP contribution in [0.15, 0.2) is 30.6 Å². The van der Waals surface area contributed by atoms with Crippen molar-refractivity contribution in [3.63, 3.8) is 0 Å². The Balaban J connectivity index is 2.47. The first-order valence-corrected chi connectivity index (χ1v) is 5.66. The number of benzene rings is 1. The number of aryl methyl sites for hydroxylation is 1. The smallest absolute Gasteiger partial charge is 0.142 e. The van der Waals surface area contributed by atoms with Crippen LogP contribution in [0.1, 0.15) is 24.4 Å². The van der Waals surface area contributed by atoms with Gasteiger partial charge in [0.2, 0.25) is 0 Å². The van der Waals surface area contributed by atoms with E-state index in [4.69, 9.17) is 11.6 Å². The average molecular weight is 255 g/mol. The Bertz CT molecular complexity index is 507. The van der Waals surface area contributed by atoms with Crippen molar-refractivity contribution >= 4 is 11.6 Å². The average Bonchev–Trinajstić information content (AvgIpc) is 2.76. The molecule has 0 amide bonds. The molecule has 1 aromatic carbocycles. The van der Waals surface area contributed by atoms with Crippen molar-refractivity contribution in [2.45, 2.75) is 19.6 Å². The van der Waals surface area contributed by atoms with E-state index in [9.17, 15) is 9.50 Å². The number of rotatable bonds is 3. The van der Waals surface area contributed by atoms with Crippen LogP contribution in [0, 0.1) is 5.82 Å². The van der Waals surface area contributed by atoms with Gasteiger partial charge in [0, 0.05) is 29.5 Å². The Kier molecular flexibility index (Phi) is 3.45. The Morgan fingerprint density at radius 2 is 2.29 bits per heavy atom. The van der Waals surface area contributed by atoms with E-state index >= 15 is 0 Å². The van der Waals surface area contributed by atoms with Crippen LogP contribution in [0.2, 0.25) is 5.02 Å². The summed E-state index contributed by atoms with van der Waals surface area (Å²) in [4.78, 5) is 4.03. The minimum atomic E-state index is -1.15. The standard InChI is InChI=1S/C12H12ClFN2O/c1-2-16-7-6-15-12(16)11(17)10-8(13)4-3-5-9(10)14/h3-7,11,17H,2H2,1H3. The monoisotopic (exact) mass is 254 g/mol. The second kappa shape index (κ2) is 4.85. The summed E-state index contributed by atoms with van der Waals surface area (Å²) in [5.41, 5.74) is 0.0649. The predicted octanol–water partition coefficient (Wildman–Crippen LogP) is 2.78. The number of nitrogens with zero attached hydrogens (tertiary/aromatic N) is 2. The molecule has 3 nitrogen and oxygen atoms in total. The highest BCUT2D eigenvalue weighted by Gasteiger charge is 2.21. The SMILES string of the molecule is CCn1ccnc1C(O)c1c(F)cccc1Cl. The van der Waals surface area contributed by atoms with E-state index in [1.807, 2.05) is 6.92 Å². The maximum Gasteiger partial charge on any atom is 0.142 e. The van der Waals surface area contributed by atoms with Gasteiger partial charge in [-0.25, -0.2) is 9.37 Å². The summed E-state index contributed by atoms with van der Waals surface area (Å²) in [5.74, 6) is -0.143. The molecule has 0 saturated heterocycles. The highest BCUT2D eigenvalue weighted by molar-refractivity contribution is 6.31. The van der Waals surface area contributed by atoms with Crippen molar-refractivity contribution in [3.8, 4) is 0 Å². The molecule has 90 valence electrons. The molecule has 1 unspecified atom stereocenters. The number of aliphatic hydroxyl groups excluding tert-OH is 1. The van der Waals surface area contributed by atoms with E-state index in [0.717, 1.165) is 0 Å². The summed E-state index contributed by atoms with van der Waals surface area (Å²) in [6, 6.07) is 4.31. The summed E-state index contributed by atoms with van der Waals surface area (Å²) in [6.45, 7) is 2.57. The summed E-state index contributed by atoms with van der Waals surface area (Å²) >= 11 is 5.90. The number of imidazole rings is 1. The van der Waals surface area contributed by atoms with Crippen molar-refractivity contribution in [2.24, 2.45) is 0 Å². The van der Waals surface area contributed by atoms with E-state index in [0.29, 0.717) is 12.4 Å². The third-order valence-electron chi connectivity index (χ3n) is 2.61. The molecule has 0 aliphatic heterocycles. The van der Waals surface area contributed by atoms with Crippen molar-refractivity contribution < 1.29 is 9.50 Å². The maximum atomic E-state index is 13.6. The van der Waals surface area contributed by atoms with Crippen molar-refractivity contribution in [1.82, 2.24) is 9.55 Å². The van der Waals surface area contributed by atoms with Gasteiger partial charge in [0.05, 0.1) is 0 Å². The molecule has 0 radical (unpaired) electrons. The molecule has 5 heteroatoms. The Hall–Kier alpha value is -1.39. The van der Waals surface area contributed by atoms with Gasteiger partial charge in [0.25, 0.3) is 0 Å². The zero-order valence-corrected chi connectivity index (χ0v) is 10.0. The number of hydrogen-bond acceptors (Lipinski definition) is 2. The molecule has 1 heterocycles. The van der Waals surface area contributed by atoms with Crippen LogP contribution >= 0.6 is 11.6 Å². The van der Waals surface area contributed by atoms with E-state index in [-0.39, 0.29) is 10.6 Å². The third kappa shape index (κ3) is 2.18. The lowest BCUT2D eigenvalue weighted by Crippen LogP contribution is -2.10. The molecule has 2 rings (SSSR count). The van der Waals surface area contributed by atoms with Gasteiger partial charge >= 0.3 is 0 Å². The lowest BCUT2D eigenvalue weighted by Gasteiger charge is -2.14. The van der Waals surface area contributed by atoms with Crippen LogP contribution in [-0.2, 0) is 6.54 Å². The summed E-state index contributed by atoms with van der Waals surface area (Å²) in [6.07, 6.45) is 2.14. The predicted molar refractivity (Wildman–Crippen MR) is 63.4 cm³/mol. The van der Waals surface area contributed by atoms with E-state index in [1.165, 1.54) is 12.1 Å². The second-order valence-electron chi connectivity index (χ2n) is 3.61. The van der Waals surface area contributed by atoms with Gasteiger partial charge in [-0.05, 0) is 19.1 Å². The van der Waals surface area contributed by atoms with E-state index in [1.54, 1.807) is 23.0 Å². The van der Waals surface area contributed by atoms with E-state index < -0.39 is 11.9 Å². The van der Waals surface area contributed by atoms with Crippen LogP contribution < -0.4 is 0 Å². The lowest BCUT2D eigenvalue weighted by atomic mass is 10.1. The Morgan fingerprint density at radius 1 is 1.53 bits per heavy atom. The number of aliphatic hydroxyl groups is 1. The topological polar surface area (TPSA) is 38.0 Å².